The van der Waals surface area contributed by atoms with Crippen LogP contribution in [0.1, 0.15) is 62.1 Å². The van der Waals surface area contributed by atoms with E-state index in [9.17, 15) is 9.50 Å². The van der Waals surface area contributed by atoms with Crippen LogP contribution < -0.4 is 5.32 Å². The second-order valence-corrected chi connectivity index (χ2v) is 9.34. The van der Waals surface area contributed by atoms with Crippen molar-refractivity contribution in [2.75, 3.05) is 13.7 Å². The number of aliphatic hydroxyl groups is 1. The molecule has 1 aliphatic rings. The molecule has 4 rings (SSSR count). The molecule has 3 aromatic rings. The number of benzene rings is 3. The molecule has 0 radical (unpaired) electrons. The SMILES string of the molecule is C=O.CN=C(N[C@@H](CCO)c1ccccc1F)OC1(C(C)c2ccc(-c3ccccc3)cc2)CCCC1. The Morgan fingerprint density at radius 3 is 2.19 bits per heavy atom. The van der Waals surface area contributed by atoms with E-state index in [0.717, 1.165) is 25.7 Å². The molecule has 1 unspecified atom stereocenters. The number of hydrogen-bond acceptors (Lipinski definition) is 4. The number of rotatable bonds is 8. The number of halogens is 1. The van der Waals surface area contributed by atoms with Crippen molar-refractivity contribution >= 4 is 12.8 Å². The maximum Gasteiger partial charge on any atom is 0.285 e. The van der Waals surface area contributed by atoms with Gasteiger partial charge in [0.1, 0.15) is 18.2 Å². The first kappa shape index (κ1) is 28.1. The third kappa shape index (κ3) is 6.83. The number of nitrogens with zero attached hydrogens (tertiary/aromatic N) is 1. The quantitative estimate of drug-likeness (QED) is 0.274. The van der Waals surface area contributed by atoms with Gasteiger partial charge in [-0.3, -0.25) is 0 Å². The van der Waals surface area contributed by atoms with Crippen molar-refractivity contribution < 1.29 is 19.0 Å². The normalized spacial score (nSPS) is 16.3. The van der Waals surface area contributed by atoms with E-state index in [2.05, 4.69) is 65.8 Å². The number of nitrogens with one attached hydrogen (secondary N) is 1. The molecule has 0 bridgehead atoms. The Morgan fingerprint density at radius 2 is 1.59 bits per heavy atom. The van der Waals surface area contributed by atoms with Gasteiger partial charge in [0.25, 0.3) is 6.02 Å². The van der Waals surface area contributed by atoms with Gasteiger partial charge in [-0.1, -0.05) is 79.7 Å². The summed E-state index contributed by atoms with van der Waals surface area (Å²) in [5, 5.41) is 12.9. The van der Waals surface area contributed by atoms with Crippen LogP contribution in [0.4, 0.5) is 4.39 Å². The molecule has 0 amide bonds. The first-order chi connectivity index (χ1) is 18.1. The minimum atomic E-state index is -0.432. The minimum absolute atomic E-state index is 0.0711. The van der Waals surface area contributed by atoms with E-state index in [1.807, 2.05) is 12.9 Å². The van der Waals surface area contributed by atoms with Crippen LogP contribution in [0.15, 0.2) is 83.9 Å². The third-order valence-electron chi connectivity index (χ3n) is 7.26. The number of aliphatic hydroxyl groups excluding tert-OH is 1. The maximum absolute atomic E-state index is 14.5. The van der Waals surface area contributed by atoms with Gasteiger partial charge in [-0.15, -0.1) is 0 Å². The largest absolute Gasteiger partial charge is 0.458 e. The van der Waals surface area contributed by atoms with Gasteiger partial charge in [0.2, 0.25) is 0 Å². The smallest absolute Gasteiger partial charge is 0.285 e. The fraction of sp³-hybridized carbons (Fsp3) is 0.355. The van der Waals surface area contributed by atoms with Crippen molar-refractivity contribution in [3.8, 4) is 11.1 Å². The van der Waals surface area contributed by atoms with Crippen LogP contribution in [0.25, 0.3) is 11.1 Å². The Labute approximate surface area is 219 Å². The lowest BCUT2D eigenvalue weighted by atomic mass is 9.81. The van der Waals surface area contributed by atoms with Gasteiger partial charge in [0.15, 0.2) is 0 Å². The van der Waals surface area contributed by atoms with Crippen molar-refractivity contribution in [1.82, 2.24) is 5.32 Å². The van der Waals surface area contributed by atoms with Crippen LogP contribution in [0.5, 0.6) is 0 Å². The van der Waals surface area contributed by atoms with Crippen molar-refractivity contribution in [2.24, 2.45) is 4.99 Å². The molecule has 2 N–H and O–H groups in total. The fourth-order valence-corrected chi connectivity index (χ4v) is 5.17. The molecular formula is C31H37FN2O3. The van der Waals surface area contributed by atoms with Crippen molar-refractivity contribution in [3.05, 3.63) is 95.8 Å². The summed E-state index contributed by atoms with van der Waals surface area (Å²) in [6.07, 6.45) is 4.40. The van der Waals surface area contributed by atoms with Crippen LogP contribution >= 0.6 is 0 Å². The van der Waals surface area contributed by atoms with Crippen LogP contribution in [0.2, 0.25) is 0 Å². The first-order valence-corrected chi connectivity index (χ1v) is 12.8. The molecule has 2 atom stereocenters. The molecule has 0 aromatic heterocycles. The van der Waals surface area contributed by atoms with Crippen molar-refractivity contribution in [3.63, 3.8) is 0 Å². The number of amidine groups is 1. The van der Waals surface area contributed by atoms with Gasteiger partial charge in [-0.05, 0) is 54.9 Å². The predicted octanol–water partition coefficient (Wildman–Crippen LogP) is 6.44. The van der Waals surface area contributed by atoms with Crippen molar-refractivity contribution in [1.29, 1.82) is 0 Å². The molecule has 5 nitrogen and oxygen atoms in total. The van der Waals surface area contributed by atoms with E-state index < -0.39 is 11.6 Å². The number of ether oxygens (including phenoxy) is 1. The molecule has 3 aromatic carbocycles. The van der Waals surface area contributed by atoms with E-state index in [-0.39, 0.29) is 18.3 Å². The summed E-state index contributed by atoms with van der Waals surface area (Å²) in [7, 11) is 1.68. The molecule has 1 fully saturated rings. The summed E-state index contributed by atoms with van der Waals surface area (Å²) >= 11 is 0. The number of carbonyl (C=O) groups is 1. The standard InChI is InChI=1S/C30H35FN2O2.CH2O/c1-22(23-14-16-25(17-15-23)24-10-4-3-5-11-24)30(19-8-9-20-30)35-29(32-2)33-28(18-21-34)26-12-6-7-13-27(26)31;1-2/h3-7,10-17,22,28,34H,8-9,18-21H2,1-2H3,(H,32,33);1H2/t22?,28-;/m0./s1. The lowest BCUT2D eigenvalue weighted by Gasteiger charge is -2.37. The zero-order valence-electron chi connectivity index (χ0n) is 21.7. The topological polar surface area (TPSA) is 70.9 Å². The highest BCUT2D eigenvalue weighted by atomic mass is 19.1. The highest BCUT2D eigenvalue weighted by molar-refractivity contribution is 5.74. The highest BCUT2D eigenvalue weighted by Crippen LogP contribution is 2.44. The highest BCUT2D eigenvalue weighted by Gasteiger charge is 2.43. The fourth-order valence-electron chi connectivity index (χ4n) is 5.17. The van der Waals surface area contributed by atoms with Crippen LogP contribution in [0, 0.1) is 5.82 Å². The number of aliphatic imine (C=N–C) groups is 1. The van der Waals surface area contributed by atoms with Gasteiger partial charge in [0.05, 0.1) is 6.04 Å². The average molecular weight is 505 g/mol. The summed E-state index contributed by atoms with van der Waals surface area (Å²) in [6.45, 7) is 4.15. The van der Waals surface area contributed by atoms with E-state index in [1.165, 1.54) is 22.8 Å². The number of carbonyl (C=O) groups excluding carboxylic acids is 1. The summed E-state index contributed by atoms with van der Waals surface area (Å²) in [6, 6.07) is 25.7. The molecule has 1 aliphatic carbocycles. The average Bonchev–Trinajstić information content (AvgIpc) is 3.43. The molecule has 0 aliphatic heterocycles. The third-order valence-corrected chi connectivity index (χ3v) is 7.26. The molecule has 0 saturated heterocycles. The molecule has 0 heterocycles. The van der Waals surface area contributed by atoms with Gasteiger partial charge in [-0.2, -0.15) is 0 Å². The Kier molecular flexibility index (Phi) is 10.4. The second-order valence-electron chi connectivity index (χ2n) is 9.34. The lowest BCUT2D eigenvalue weighted by molar-refractivity contribution is -0.0980. The summed E-state index contributed by atoms with van der Waals surface area (Å²) < 4.78 is 21.2. The second kappa shape index (κ2) is 13.7. The van der Waals surface area contributed by atoms with E-state index in [4.69, 9.17) is 9.53 Å². The Bertz CT molecular complexity index is 1130. The zero-order valence-corrected chi connectivity index (χ0v) is 21.7. The maximum atomic E-state index is 14.5. The van der Waals surface area contributed by atoms with Crippen LogP contribution in [-0.4, -0.2) is 37.2 Å². The molecule has 0 spiro atoms. The minimum Gasteiger partial charge on any atom is -0.458 e. The van der Waals surface area contributed by atoms with Gasteiger partial charge in [0, 0.05) is 25.1 Å². The monoisotopic (exact) mass is 504 g/mol. The van der Waals surface area contributed by atoms with Crippen LogP contribution in [-0.2, 0) is 9.53 Å². The predicted molar refractivity (Wildman–Crippen MR) is 147 cm³/mol. The molecule has 37 heavy (non-hydrogen) atoms. The van der Waals surface area contributed by atoms with E-state index >= 15 is 0 Å². The Balaban J connectivity index is 0.00000186. The zero-order chi connectivity index (χ0) is 26.7. The van der Waals surface area contributed by atoms with Gasteiger partial charge < -0.3 is 20.0 Å². The Morgan fingerprint density at radius 1 is 1.00 bits per heavy atom. The van der Waals surface area contributed by atoms with Gasteiger partial charge >= 0.3 is 0 Å². The molecule has 196 valence electrons. The molecule has 1 saturated carbocycles. The molecule has 6 heteroatoms. The summed E-state index contributed by atoms with van der Waals surface area (Å²) in [5.74, 6) is -0.158. The van der Waals surface area contributed by atoms with Gasteiger partial charge in [-0.25, -0.2) is 9.38 Å². The summed E-state index contributed by atoms with van der Waals surface area (Å²) in [5.41, 5.74) is 3.72. The van der Waals surface area contributed by atoms with Crippen molar-refractivity contribution in [2.45, 2.75) is 56.6 Å². The first-order valence-electron chi connectivity index (χ1n) is 12.8. The van der Waals surface area contributed by atoms with E-state index in [0.29, 0.717) is 18.0 Å². The number of hydrogen-bond donors (Lipinski definition) is 2. The molecular weight excluding hydrogens is 467 g/mol. The lowest BCUT2D eigenvalue weighted by Crippen LogP contribution is -2.43. The summed E-state index contributed by atoms with van der Waals surface area (Å²) in [4.78, 5) is 12.4. The van der Waals surface area contributed by atoms with E-state index in [1.54, 1.807) is 25.2 Å². The Hall–Kier alpha value is -3.51. The van der Waals surface area contributed by atoms with Crippen LogP contribution in [0.3, 0.4) is 0 Å².